The zero-order valence-electron chi connectivity index (χ0n) is 13.8. The summed E-state index contributed by atoms with van der Waals surface area (Å²) in [5, 5.41) is 9.69. The van der Waals surface area contributed by atoms with Gasteiger partial charge in [-0.2, -0.15) is 5.10 Å². The van der Waals surface area contributed by atoms with Crippen LogP contribution in [0.5, 0.6) is 0 Å². The number of methoxy groups -OCH3 is 1. The molecule has 3 rings (SSSR count). The highest BCUT2D eigenvalue weighted by Crippen LogP contribution is 2.30. The Balaban J connectivity index is 1.80. The summed E-state index contributed by atoms with van der Waals surface area (Å²) < 4.78 is 9.99. The molecule has 25 heavy (non-hydrogen) atoms. The number of H-pyrrole nitrogens is 1. The lowest BCUT2D eigenvalue weighted by atomic mass is 10.1. The minimum absolute atomic E-state index is 0.0770. The van der Waals surface area contributed by atoms with Crippen LogP contribution in [0.15, 0.2) is 28.9 Å². The van der Waals surface area contributed by atoms with Crippen molar-refractivity contribution in [2.45, 2.75) is 19.8 Å². The van der Waals surface area contributed by atoms with E-state index in [0.717, 1.165) is 4.88 Å². The van der Waals surface area contributed by atoms with Crippen LogP contribution in [0.25, 0.3) is 11.5 Å². The molecule has 0 aliphatic rings. The fraction of sp³-hybridized carbons (Fsp3) is 0.250. The van der Waals surface area contributed by atoms with Gasteiger partial charge in [-0.15, -0.1) is 11.3 Å². The number of furan rings is 1. The molecule has 0 fully saturated rings. The molecule has 3 aromatic heterocycles. The summed E-state index contributed by atoms with van der Waals surface area (Å²) in [6, 6.07) is 5.08. The fourth-order valence-electron chi connectivity index (χ4n) is 2.18. The molecule has 0 saturated carbocycles. The van der Waals surface area contributed by atoms with Crippen molar-refractivity contribution < 1.29 is 18.7 Å². The summed E-state index contributed by atoms with van der Waals surface area (Å²) in [6.45, 7) is 3.88. The summed E-state index contributed by atoms with van der Waals surface area (Å²) in [4.78, 5) is 29.1. The van der Waals surface area contributed by atoms with E-state index in [-0.39, 0.29) is 17.3 Å². The van der Waals surface area contributed by atoms with Crippen LogP contribution in [0, 0.1) is 0 Å². The van der Waals surface area contributed by atoms with Crippen molar-refractivity contribution in [1.29, 1.82) is 0 Å². The molecule has 0 aromatic carbocycles. The second kappa shape index (κ2) is 6.89. The van der Waals surface area contributed by atoms with Crippen LogP contribution in [0.3, 0.4) is 0 Å². The largest absolute Gasteiger partial charge is 0.464 e. The van der Waals surface area contributed by atoms with E-state index in [0.29, 0.717) is 16.6 Å². The molecule has 8 nitrogen and oxygen atoms in total. The molecule has 0 aliphatic heterocycles. The average molecular weight is 360 g/mol. The Morgan fingerprint density at radius 1 is 1.40 bits per heavy atom. The monoisotopic (exact) mass is 360 g/mol. The first-order valence-electron chi connectivity index (χ1n) is 7.49. The van der Waals surface area contributed by atoms with Crippen LogP contribution in [-0.4, -0.2) is 34.2 Å². The van der Waals surface area contributed by atoms with E-state index in [9.17, 15) is 9.59 Å². The van der Waals surface area contributed by atoms with Gasteiger partial charge in [-0.3, -0.25) is 15.2 Å². The van der Waals surface area contributed by atoms with E-state index in [1.807, 2.05) is 13.8 Å². The lowest BCUT2D eigenvalue weighted by molar-refractivity contribution is 0.0593. The number of rotatable bonds is 5. The third-order valence-electron chi connectivity index (χ3n) is 3.37. The Morgan fingerprint density at radius 3 is 2.84 bits per heavy atom. The third-order valence-corrected chi connectivity index (χ3v) is 4.65. The molecular formula is C16H16N4O4S. The minimum Gasteiger partial charge on any atom is -0.464 e. The molecule has 0 saturated heterocycles. The van der Waals surface area contributed by atoms with Crippen molar-refractivity contribution in [2.75, 3.05) is 12.4 Å². The van der Waals surface area contributed by atoms with Gasteiger partial charge in [0.05, 0.1) is 13.4 Å². The molecule has 0 spiro atoms. The van der Waals surface area contributed by atoms with Gasteiger partial charge in [-0.25, -0.2) is 9.78 Å². The molecular weight excluding hydrogens is 344 g/mol. The number of thiazole rings is 1. The maximum atomic E-state index is 12.4. The first-order chi connectivity index (χ1) is 12.0. The number of aromatic amines is 1. The SMILES string of the molecule is COC(=O)c1nc(NC(=O)c2cc(-c3ccco3)[nH]n2)sc1C(C)C. The Kier molecular flexibility index (Phi) is 4.66. The second-order valence-electron chi connectivity index (χ2n) is 5.48. The van der Waals surface area contributed by atoms with Crippen molar-refractivity contribution in [3.8, 4) is 11.5 Å². The van der Waals surface area contributed by atoms with Gasteiger partial charge < -0.3 is 9.15 Å². The molecule has 0 unspecified atom stereocenters. The van der Waals surface area contributed by atoms with Gasteiger partial charge in [0, 0.05) is 10.9 Å². The van der Waals surface area contributed by atoms with Crippen molar-refractivity contribution in [2.24, 2.45) is 0 Å². The maximum Gasteiger partial charge on any atom is 0.357 e. The van der Waals surface area contributed by atoms with Crippen LogP contribution in [-0.2, 0) is 4.74 Å². The van der Waals surface area contributed by atoms with Crippen molar-refractivity contribution in [3.05, 3.63) is 40.7 Å². The number of esters is 1. The Labute approximate surface area is 147 Å². The number of carbonyl (C=O) groups excluding carboxylic acids is 2. The van der Waals surface area contributed by atoms with Crippen molar-refractivity contribution >= 4 is 28.3 Å². The van der Waals surface area contributed by atoms with E-state index in [1.165, 1.54) is 24.7 Å². The summed E-state index contributed by atoms with van der Waals surface area (Å²) in [6.07, 6.45) is 1.53. The summed E-state index contributed by atoms with van der Waals surface area (Å²) in [7, 11) is 1.30. The zero-order valence-corrected chi connectivity index (χ0v) is 14.6. The predicted molar refractivity (Wildman–Crippen MR) is 91.8 cm³/mol. The van der Waals surface area contributed by atoms with Crippen molar-refractivity contribution in [1.82, 2.24) is 15.2 Å². The zero-order chi connectivity index (χ0) is 18.0. The van der Waals surface area contributed by atoms with Crippen LogP contribution in [0.4, 0.5) is 5.13 Å². The molecule has 0 radical (unpaired) electrons. The average Bonchev–Trinajstić information content (AvgIpc) is 3.32. The first kappa shape index (κ1) is 16.9. The number of anilines is 1. The third kappa shape index (κ3) is 3.45. The Morgan fingerprint density at radius 2 is 2.20 bits per heavy atom. The molecule has 3 aromatic rings. The number of hydrogen-bond acceptors (Lipinski definition) is 7. The summed E-state index contributed by atoms with van der Waals surface area (Å²) in [5.74, 6) is -0.307. The molecule has 0 atom stereocenters. The molecule has 9 heteroatoms. The highest BCUT2D eigenvalue weighted by molar-refractivity contribution is 7.16. The maximum absolute atomic E-state index is 12.4. The summed E-state index contributed by atoms with van der Waals surface area (Å²) in [5.41, 5.74) is 0.996. The standard InChI is InChI=1S/C16H16N4O4S/c1-8(2)13-12(15(22)23-3)17-16(25-13)18-14(21)10-7-9(19-20-10)11-5-4-6-24-11/h4-8H,1-3H3,(H,19,20)(H,17,18,21). The van der Waals surface area contributed by atoms with Crippen LogP contribution in [0.2, 0.25) is 0 Å². The highest BCUT2D eigenvalue weighted by Gasteiger charge is 2.22. The van der Waals surface area contributed by atoms with Crippen LogP contribution in [0.1, 0.15) is 45.6 Å². The van der Waals surface area contributed by atoms with E-state index in [2.05, 4.69) is 20.5 Å². The lowest BCUT2D eigenvalue weighted by Gasteiger charge is -2.02. The molecule has 0 aliphatic carbocycles. The number of aromatic nitrogens is 3. The van der Waals surface area contributed by atoms with Gasteiger partial charge in [0.25, 0.3) is 5.91 Å². The van der Waals surface area contributed by atoms with Gasteiger partial charge in [0.1, 0.15) is 5.69 Å². The fourth-order valence-corrected chi connectivity index (χ4v) is 3.13. The second-order valence-corrected chi connectivity index (χ2v) is 6.51. The number of nitrogens with one attached hydrogen (secondary N) is 2. The van der Waals surface area contributed by atoms with Crippen molar-refractivity contribution in [3.63, 3.8) is 0 Å². The van der Waals surface area contributed by atoms with E-state index in [4.69, 9.17) is 9.15 Å². The van der Waals surface area contributed by atoms with E-state index >= 15 is 0 Å². The van der Waals surface area contributed by atoms with Gasteiger partial charge in [-0.1, -0.05) is 13.8 Å². The smallest absolute Gasteiger partial charge is 0.357 e. The minimum atomic E-state index is -0.527. The predicted octanol–water partition coefficient (Wildman–Crippen LogP) is 3.29. The number of ether oxygens (including phenoxy) is 1. The number of nitrogens with zero attached hydrogens (tertiary/aromatic N) is 2. The lowest BCUT2D eigenvalue weighted by Crippen LogP contribution is -2.12. The first-order valence-corrected chi connectivity index (χ1v) is 8.31. The number of hydrogen-bond donors (Lipinski definition) is 2. The van der Waals surface area contributed by atoms with E-state index < -0.39 is 11.9 Å². The van der Waals surface area contributed by atoms with Gasteiger partial charge in [-0.05, 0) is 18.1 Å². The molecule has 1 amide bonds. The Bertz CT molecular complexity index is 895. The van der Waals surface area contributed by atoms with Gasteiger partial charge in [0.2, 0.25) is 0 Å². The molecule has 3 heterocycles. The van der Waals surface area contributed by atoms with Crippen LogP contribution < -0.4 is 5.32 Å². The van der Waals surface area contributed by atoms with Gasteiger partial charge in [0.15, 0.2) is 22.3 Å². The normalized spacial score (nSPS) is 10.9. The molecule has 0 bridgehead atoms. The quantitative estimate of drug-likeness (QED) is 0.676. The summed E-state index contributed by atoms with van der Waals surface area (Å²) >= 11 is 1.24. The highest BCUT2D eigenvalue weighted by atomic mass is 32.1. The molecule has 2 N–H and O–H groups in total. The van der Waals surface area contributed by atoms with Crippen LogP contribution >= 0.6 is 11.3 Å². The topological polar surface area (TPSA) is 110 Å². The molecule has 130 valence electrons. The Hall–Kier alpha value is -2.94. The number of carbonyl (C=O) groups is 2. The van der Waals surface area contributed by atoms with E-state index in [1.54, 1.807) is 18.2 Å². The number of amides is 1. The van der Waals surface area contributed by atoms with Gasteiger partial charge >= 0.3 is 5.97 Å².